The molecule has 0 unspecified atom stereocenters. The molecule has 1 aliphatic heterocycles. The molecule has 0 radical (unpaired) electrons. The topological polar surface area (TPSA) is 30.3 Å². The van der Waals surface area contributed by atoms with Gasteiger partial charge < -0.3 is 9.80 Å². The van der Waals surface area contributed by atoms with Crippen LogP contribution in [0.15, 0.2) is 12.4 Å². The minimum Gasteiger partial charge on any atom is -0.362 e. The molecule has 0 bridgehead atoms. The summed E-state index contributed by atoms with van der Waals surface area (Å²) in [6.45, 7) is 1.76. The van der Waals surface area contributed by atoms with Crippen LogP contribution < -0.4 is 0 Å². The molecule has 10 heavy (non-hydrogen) atoms. The van der Waals surface area contributed by atoms with Crippen LogP contribution in [0.25, 0.3) is 0 Å². The molecule has 3 heteroatoms. The maximum Gasteiger partial charge on any atom is 0.0891 e. The summed E-state index contributed by atoms with van der Waals surface area (Å²) >= 11 is 0. The van der Waals surface area contributed by atoms with Crippen LogP contribution in [0.5, 0.6) is 0 Å². The van der Waals surface area contributed by atoms with Gasteiger partial charge in [-0.1, -0.05) is 0 Å². The van der Waals surface area contributed by atoms with E-state index in [0.717, 1.165) is 13.2 Å². The van der Waals surface area contributed by atoms with Gasteiger partial charge in [0.2, 0.25) is 0 Å². The van der Waals surface area contributed by atoms with Crippen LogP contribution in [-0.4, -0.2) is 30.1 Å². The Kier molecular flexibility index (Phi) is 2.16. The van der Waals surface area contributed by atoms with E-state index in [4.69, 9.17) is 5.26 Å². The van der Waals surface area contributed by atoms with E-state index in [2.05, 4.69) is 15.9 Å². The Balaban J connectivity index is 2.21. The van der Waals surface area contributed by atoms with Gasteiger partial charge in [-0.05, 0) is 0 Å². The number of hydrogen-bond acceptors (Lipinski definition) is 3. The van der Waals surface area contributed by atoms with E-state index in [0.29, 0.717) is 6.42 Å². The second-order valence-corrected chi connectivity index (χ2v) is 2.42. The zero-order valence-corrected chi connectivity index (χ0v) is 6.12. The third kappa shape index (κ3) is 1.66. The number of nitriles is 1. The molecule has 3 nitrogen and oxygen atoms in total. The fourth-order valence-electron chi connectivity index (χ4n) is 0.928. The van der Waals surface area contributed by atoms with Gasteiger partial charge in [0.25, 0.3) is 0 Å². The van der Waals surface area contributed by atoms with E-state index < -0.39 is 0 Å². The molecule has 0 aromatic heterocycles. The molecular weight excluding hydrogens is 126 g/mol. The summed E-state index contributed by atoms with van der Waals surface area (Å²) in [6.07, 6.45) is 4.63. The van der Waals surface area contributed by atoms with Crippen molar-refractivity contribution >= 4 is 0 Å². The first kappa shape index (κ1) is 6.94. The lowest BCUT2D eigenvalue weighted by atomic mass is 10.4. The molecule has 0 saturated carbocycles. The molecule has 0 fully saturated rings. The molecule has 0 aliphatic carbocycles. The molecule has 0 aromatic rings. The molecule has 54 valence electrons. The zero-order chi connectivity index (χ0) is 7.40. The molecular formula is C7H11N3. The van der Waals surface area contributed by atoms with Gasteiger partial charge in [0, 0.05) is 26.0 Å². The lowest BCUT2D eigenvalue weighted by molar-refractivity contribution is 0.301. The average molecular weight is 137 g/mol. The van der Waals surface area contributed by atoms with Gasteiger partial charge >= 0.3 is 0 Å². The SMILES string of the molecule is CN1C=CN(CCC#N)C1. The smallest absolute Gasteiger partial charge is 0.0891 e. The normalized spacial score (nSPS) is 16.0. The third-order valence-electron chi connectivity index (χ3n) is 1.45. The Morgan fingerprint density at radius 3 is 2.90 bits per heavy atom. The predicted molar refractivity (Wildman–Crippen MR) is 38.7 cm³/mol. The molecule has 0 spiro atoms. The van der Waals surface area contributed by atoms with Crippen LogP contribution in [-0.2, 0) is 0 Å². The summed E-state index contributed by atoms with van der Waals surface area (Å²) < 4.78 is 0. The van der Waals surface area contributed by atoms with Crippen molar-refractivity contribution < 1.29 is 0 Å². The van der Waals surface area contributed by atoms with Gasteiger partial charge in [0.05, 0.1) is 19.2 Å². The molecule has 1 heterocycles. The van der Waals surface area contributed by atoms with Crippen molar-refractivity contribution in [2.45, 2.75) is 6.42 Å². The first-order valence-electron chi connectivity index (χ1n) is 3.32. The van der Waals surface area contributed by atoms with E-state index in [1.165, 1.54) is 0 Å². The Morgan fingerprint density at radius 2 is 2.40 bits per heavy atom. The highest BCUT2D eigenvalue weighted by atomic mass is 15.3. The first-order valence-corrected chi connectivity index (χ1v) is 3.32. The largest absolute Gasteiger partial charge is 0.362 e. The Hall–Kier alpha value is -1.17. The van der Waals surface area contributed by atoms with Crippen LogP contribution in [0.3, 0.4) is 0 Å². The molecule has 1 rings (SSSR count). The maximum atomic E-state index is 8.28. The van der Waals surface area contributed by atoms with E-state index >= 15 is 0 Å². The van der Waals surface area contributed by atoms with Crippen LogP contribution in [0.4, 0.5) is 0 Å². The van der Waals surface area contributed by atoms with Gasteiger partial charge in [-0.25, -0.2) is 0 Å². The van der Waals surface area contributed by atoms with Crippen molar-refractivity contribution in [3.8, 4) is 6.07 Å². The monoisotopic (exact) mass is 137 g/mol. The molecule has 0 aromatic carbocycles. The quantitative estimate of drug-likeness (QED) is 0.557. The second-order valence-electron chi connectivity index (χ2n) is 2.42. The van der Waals surface area contributed by atoms with Crippen molar-refractivity contribution in [3.63, 3.8) is 0 Å². The third-order valence-corrected chi connectivity index (χ3v) is 1.45. The summed E-state index contributed by atoms with van der Waals surface area (Å²) in [6, 6.07) is 2.12. The summed E-state index contributed by atoms with van der Waals surface area (Å²) in [7, 11) is 2.02. The number of rotatable bonds is 2. The lowest BCUT2D eigenvalue weighted by Crippen LogP contribution is -2.22. The van der Waals surface area contributed by atoms with Gasteiger partial charge in [0.15, 0.2) is 0 Å². The minimum absolute atomic E-state index is 0.609. The van der Waals surface area contributed by atoms with Crippen molar-refractivity contribution in [1.82, 2.24) is 9.80 Å². The lowest BCUT2D eigenvalue weighted by Gasteiger charge is -2.15. The van der Waals surface area contributed by atoms with E-state index in [9.17, 15) is 0 Å². The van der Waals surface area contributed by atoms with Gasteiger partial charge in [0.1, 0.15) is 0 Å². The number of nitrogens with zero attached hydrogens (tertiary/aromatic N) is 3. The Labute approximate surface area is 61.1 Å². The number of hydrogen-bond donors (Lipinski definition) is 0. The van der Waals surface area contributed by atoms with Crippen LogP contribution >= 0.6 is 0 Å². The summed E-state index contributed by atoms with van der Waals surface area (Å²) in [5.74, 6) is 0. The zero-order valence-electron chi connectivity index (χ0n) is 6.12. The first-order chi connectivity index (χ1) is 4.83. The van der Waals surface area contributed by atoms with Crippen molar-refractivity contribution in [1.29, 1.82) is 5.26 Å². The molecule has 1 aliphatic rings. The van der Waals surface area contributed by atoms with E-state index in [-0.39, 0.29) is 0 Å². The van der Waals surface area contributed by atoms with Crippen LogP contribution in [0, 0.1) is 11.3 Å². The fraction of sp³-hybridized carbons (Fsp3) is 0.571. The van der Waals surface area contributed by atoms with E-state index in [1.54, 1.807) is 0 Å². The summed E-state index contributed by atoms with van der Waals surface area (Å²) in [5.41, 5.74) is 0. The highest BCUT2D eigenvalue weighted by Crippen LogP contribution is 2.02. The standard InChI is InChI=1S/C7H11N3/c1-9-5-6-10(7-9)4-2-3-8/h5-6H,2,4,7H2,1H3. The summed E-state index contributed by atoms with van der Waals surface area (Å²) in [5, 5.41) is 8.28. The van der Waals surface area contributed by atoms with Crippen LogP contribution in [0.2, 0.25) is 0 Å². The molecule has 0 N–H and O–H groups in total. The fourth-order valence-corrected chi connectivity index (χ4v) is 0.928. The van der Waals surface area contributed by atoms with Gasteiger partial charge in [-0.2, -0.15) is 5.26 Å². The molecule has 0 amide bonds. The molecule has 0 saturated heterocycles. The van der Waals surface area contributed by atoms with Crippen molar-refractivity contribution in [3.05, 3.63) is 12.4 Å². The minimum atomic E-state index is 0.609. The highest BCUT2D eigenvalue weighted by Gasteiger charge is 2.05. The molecule has 0 atom stereocenters. The van der Waals surface area contributed by atoms with Gasteiger partial charge in [-0.15, -0.1) is 0 Å². The predicted octanol–water partition coefficient (Wildman–Crippen LogP) is 0.576. The van der Waals surface area contributed by atoms with Crippen molar-refractivity contribution in [2.24, 2.45) is 0 Å². The Morgan fingerprint density at radius 1 is 1.60 bits per heavy atom. The average Bonchev–Trinajstić information content (AvgIpc) is 2.31. The van der Waals surface area contributed by atoms with Crippen LogP contribution in [0.1, 0.15) is 6.42 Å². The highest BCUT2D eigenvalue weighted by molar-refractivity contribution is 4.89. The Bertz CT molecular complexity index is 168. The second kappa shape index (κ2) is 3.11. The summed E-state index contributed by atoms with van der Waals surface area (Å²) in [4.78, 5) is 4.20. The van der Waals surface area contributed by atoms with E-state index in [1.807, 2.05) is 19.4 Å². The maximum absolute atomic E-state index is 8.28. The van der Waals surface area contributed by atoms with Crippen molar-refractivity contribution in [2.75, 3.05) is 20.3 Å². The van der Waals surface area contributed by atoms with Gasteiger partial charge in [-0.3, -0.25) is 0 Å².